The molecule has 1 atom stereocenters. The van der Waals surface area contributed by atoms with E-state index >= 15 is 0 Å². The Morgan fingerprint density at radius 1 is 1.25 bits per heavy atom. The van der Waals surface area contributed by atoms with Gasteiger partial charge in [-0.15, -0.1) is 0 Å². The molecule has 0 aliphatic rings. The number of rotatable bonds is 4. The number of carbonyl (C=O) groups is 2. The van der Waals surface area contributed by atoms with Crippen molar-refractivity contribution >= 4 is 11.9 Å². The normalized spacial score (nSPS) is 12.7. The van der Waals surface area contributed by atoms with Gasteiger partial charge in [0, 0.05) is 0 Å². The lowest BCUT2D eigenvalue weighted by atomic mass is 10.1. The minimum absolute atomic E-state index is 0.566. The summed E-state index contributed by atoms with van der Waals surface area (Å²) in [5, 5.41) is 4.55. The van der Waals surface area contributed by atoms with Gasteiger partial charge in [0.15, 0.2) is 6.17 Å². The van der Waals surface area contributed by atoms with Crippen molar-refractivity contribution in [1.82, 2.24) is 10.6 Å². The van der Waals surface area contributed by atoms with Crippen LogP contribution in [0.15, 0.2) is 24.3 Å². The summed E-state index contributed by atoms with van der Waals surface area (Å²) in [6.07, 6.45) is -5.89. The first-order valence-electron chi connectivity index (χ1n) is 5.53. The van der Waals surface area contributed by atoms with E-state index in [1.165, 1.54) is 19.2 Å². The van der Waals surface area contributed by atoms with Crippen molar-refractivity contribution in [3.05, 3.63) is 35.4 Å². The minimum Gasteiger partial charge on any atom is -0.466 e. The van der Waals surface area contributed by atoms with Crippen LogP contribution in [0, 0.1) is 0 Å². The Hall–Kier alpha value is -2.09. The lowest BCUT2D eigenvalue weighted by Crippen LogP contribution is -2.50. The van der Waals surface area contributed by atoms with Crippen LogP contribution in [-0.4, -0.2) is 32.2 Å². The number of hydrogen-bond donors (Lipinski definition) is 2. The quantitative estimate of drug-likeness (QED) is 0.645. The van der Waals surface area contributed by atoms with E-state index in [9.17, 15) is 22.8 Å². The average molecular weight is 290 g/mol. The van der Waals surface area contributed by atoms with Crippen LogP contribution in [0.4, 0.5) is 13.2 Å². The van der Waals surface area contributed by atoms with Gasteiger partial charge in [0.2, 0.25) is 0 Å². The van der Waals surface area contributed by atoms with E-state index < -0.39 is 35.3 Å². The van der Waals surface area contributed by atoms with Crippen molar-refractivity contribution in [3.63, 3.8) is 0 Å². The average Bonchev–Trinajstić information content (AvgIpc) is 2.42. The zero-order valence-electron chi connectivity index (χ0n) is 10.7. The van der Waals surface area contributed by atoms with E-state index in [4.69, 9.17) is 0 Å². The summed E-state index contributed by atoms with van der Waals surface area (Å²) >= 11 is 0. The predicted molar refractivity (Wildman–Crippen MR) is 63.8 cm³/mol. The third-order valence-corrected chi connectivity index (χ3v) is 2.48. The number of likely N-dealkylation sites (N-methyl/N-ethyl adjacent to an activating group) is 1. The molecule has 1 aromatic rings. The SMILES string of the molecule is CNC(NC(=O)c1ccccc1C(F)(F)F)C(=O)OC. The minimum atomic E-state index is -4.66. The zero-order valence-corrected chi connectivity index (χ0v) is 10.7. The van der Waals surface area contributed by atoms with Crippen LogP contribution in [0.25, 0.3) is 0 Å². The van der Waals surface area contributed by atoms with Gasteiger partial charge in [-0.25, -0.2) is 4.79 Å². The molecule has 0 spiro atoms. The number of amides is 1. The Kier molecular flexibility index (Phi) is 5.09. The van der Waals surface area contributed by atoms with Crippen LogP contribution < -0.4 is 10.6 Å². The number of hydrogen-bond acceptors (Lipinski definition) is 4. The molecular weight excluding hydrogens is 277 g/mol. The molecule has 1 unspecified atom stereocenters. The number of halogens is 3. The molecule has 0 aliphatic carbocycles. The molecule has 0 saturated heterocycles. The fourth-order valence-electron chi connectivity index (χ4n) is 1.50. The van der Waals surface area contributed by atoms with E-state index in [1.54, 1.807) is 0 Å². The summed E-state index contributed by atoms with van der Waals surface area (Å²) in [5.41, 5.74) is -1.64. The molecule has 110 valence electrons. The molecule has 1 aromatic carbocycles. The third kappa shape index (κ3) is 3.70. The molecule has 1 rings (SSSR count). The molecule has 0 fully saturated rings. The fourth-order valence-corrected chi connectivity index (χ4v) is 1.50. The maximum atomic E-state index is 12.8. The van der Waals surface area contributed by atoms with Gasteiger partial charge in [-0.05, 0) is 19.2 Å². The molecule has 1 amide bonds. The molecule has 0 radical (unpaired) electrons. The zero-order chi connectivity index (χ0) is 15.3. The Labute approximate surface area is 113 Å². The van der Waals surface area contributed by atoms with Gasteiger partial charge in [-0.2, -0.15) is 13.2 Å². The number of methoxy groups -OCH3 is 1. The lowest BCUT2D eigenvalue weighted by Gasteiger charge is -2.17. The maximum Gasteiger partial charge on any atom is 0.417 e. The molecule has 5 nitrogen and oxygen atoms in total. The Balaban J connectivity index is 3.01. The molecule has 0 aliphatic heterocycles. The van der Waals surface area contributed by atoms with Gasteiger partial charge in [0.1, 0.15) is 0 Å². The monoisotopic (exact) mass is 290 g/mol. The lowest BCUT2D eigenvalue weighted by molar-refractivity contribution is -0.143. The van der Waals surface area contributed by atoms with Crippen molar-refractivity contribution in [3.8, 4) is 0 Å². The summed E-state index contributed by atoms with van der Waals surface area (Å²) in [4.78, 5) is 23.1. The fraction of sp³-hybridized carbons (Fsp3) is 0.333. The van der Waals surface area contributed by atoms with Crippen LogP contribution in [-0.2, 0) is 15.7 Å². The summed E-state index contributed by atoms with van der Waals surface area (Å²) in [6, 6.07) is 4.30. The van der Waals surface area contributed by atoms with Crippen LogP contribution >= 0.6 is 0 Å². The molecule has 0 aromatic heterocycles. The topological polar surface area (TPSA) is 67.4 Å². The smallest absolute Gasteiger partial charge is 0.417 e. The standard InChI is InChI=1S/C12H13F3N2O3/c1-16-9(11(19)20-2)17-10(18)7-5-3-4-6-8(7)12(13,14)15/h3-6,9,16H,1-2H3,(H,17,18). The van der Waals surface area contributed by atoms with Crippen molar-refractivity contribution in [1.29, 1.82) is 0 Å². The number of benzene rings is 1. The first-order valence-corrected chi connectivity index (χ1v) is 5.53. The number of esters is 1. The molecule has 0 bridgehead atoms. The Morgan fingerprint density at radius 2 is 1.85 bits per heavy atom. The maximum absolute atomic E-state index is 12.8. The number of alkyl halides is 3. The van der Waals surface area contributed by atoms with E-state index in [0.717, 1.165) is 19.2 Å². The van der Waals surface area contributed by atoms with Gasteiger partial charge in [0.05, 0.1) is 18.2 Å². The van der Waals surface area contributed by atoms with Gasteiger partial charge >= 0.3 is 12.1 Å². The van der Waals surface area contributed by atoms with Crippen LogP contribution in [0.2, 0.25) is 0 Å². The Morgan fingerprint density at radius 3 is 2.35 bits per heavy atom. The van der Waals surface area contributed by atoms with Gasteiger partial charge in [0.25, 0.3) is 5.91 Å². The predicted octanol–water partition coefficient (Wildman–Crippen LogP) is 1.15. The van der Waals surface area contributed by atoms with Crippen molar-refractivity contribution in [2.45, 2.75) is 12.3 Å². The second kappa shape index (κ2) is 6.38. The molecule has 2 N–H and O–H groups in total. The highest BCUT2D eigenvalue weighted by atomic mass is 19.4. The summed E-state index contributed by atoms with van der Waals surface area (Å²) in [6.45, 7) is 0. The molecular formula is C12H13F3N2O3. The summed E-state index contributed by atoms with van der Waals surface area (Å²) in [7, 11) is 2.46. The Bertz CT molecular complexity index is 503. The van der Waals surface area contributed by atoms with E-state index in [0.29, 0.717) is 0 Å². The summed E-state index contributed by atoms with van der Waals surface area (Å²) in [5.74, 6) is -1.84. The van der Waals surface area contributed by atoms with E-state index in [-0.39, 0.29) is 0 Å². The van der Waals surface area contributed by atoms with E-state index in [1.807, 2.05) is 0 Å². The van der Waals surface area contributed by atoms with Crippen LogP contribution in [0.1, 0.15) is 15.9 Å². The van der Waals surface area contributed by atoms with Gasteiger partial charge < -0.3 is 10.1 Å². The molecule has 0 saturated carbocycles. The van der Waals surface area contributed by atoms with E-state index in [2.05, 4.69) is 15.4 Å². The molecule has 8 heteroatoms. The van der Waals surface area contributed by atoms with Crippen molar-refractivity contribution < 1.29 is 27.5 Å². The number of ether oxygens (including phenoxy) is 1. The highest BCUT2D eigenvalue weighted by Gasteiger charge is 2.35. The van der Waals surface area contributed by atoms with Gasteiger partial charge in [-0.3, -0.25) is 10.1 Å². The largest absolute Gasteiger partial charge is 0.466 e. The number of carbonyl (C=O) groups excluding carboxylic acids is 2. The van der Waals surface area contributed by atoms with Crippen molar-refractivity contribution in [2.75, 3.05) is 14.2 Å². The first-order chi connectivity index (χ1) is 9.31. The van der Waals surface area contributed by atoms with Crippen molar-refractivity contribution in [2.24, 2.45) is 0 Å². The van der Waals surface area contributed by atoms with Crippen LogP contribution in [0.5, 0.6) is 0 Å². The number of nitrogens with one attached hydrogen (secondary N) is 2. The highest BCUT2D eigenvalue weighted by molar-refractivity contribution is 5.98. The third-order valence-electron chi connectivity index (χ3n) is 2.48. The molecule has 20 heavy (non-hydrogen) atoms. The highest BCUT2D eigenvalue weighted by Crippen LogP contribution is 2.31. The van der Waals surface area contributed by atoms with Gasteiger partial charge in [-0.1, -0.05) is 12.1 Å². The second-order valence-corrected chi connectivity index (χ2v) is 3.76. The first kappa shape index (κ1) is 16.0. The molecule has 0 heterocycles. The summed E-state index contributed by atoms with van der Waals surface area (Å²) < 4.78 is 42.7. The second-order valence-electron chi connectivity index (χ2n) is 3.76. The van der Waals surface area contributed by atoms with Crippen LogP contribution in [0.3, 0.4) is 0 Å².